The van der Waals surface area contributed by atoms with Crippen LogP contribution in [-0.4, -0.2) is 93.7 Å². The summed E-state index contributed by atoms with van der Waals surface area (Å²) in [6, 6.07) is 6.16. The summed E-state index contributed by atoms with van der Waals surface area (Å²) in [5.41, 5.74) is 3.74. The molecule has 0 atom stereocenters. The van der Waals surface area contributed by atoms with Gasteiger partial charge in [-0.1, -0.05) is 6.08 Å². The molecule has 0 radical (unpaired) electrons. The van der Waals surface area contributed by atoms with Crippen LogP contribution in [0.15, 0.2) is 36.7 Å². The van der Waals surface area contributed by atoms with Crippen LogP contribution in [-0.2, 0) is 4.74 Å². The number of H-pyrrole nitrogens is 1. The molecule has 1 saturated heterocycles. The van der Waals surface area contributed by atoms with Crippen LogP contribution in [0.4, 0.5) is 19.7 Å². The number of fused-ring (bicyclic) bond motifs is 1. The lowest BCUT2D eigenvalue weighted by molar-refractivity contribution is -0.110. The lowest BCUT2D eigenvalue weighted by Gasteiger charge is -2.41. The van der Waals surface area contributed by atoms with Crippen LogP contribution in [0.2, 0.25) is 0 Å². The summed E-state index contributed by atoms with van der Waals surface area (Å²) < 4.78 is 20.6. The van der Waals surface area contributed by atoms with Gasteiger partial charge in [0.15, 0.2) is 0 Å². The van der Waals surface area contributed by atoms with E-state index in [1.807, 2.05) is 32.9 Å². The molecular formula is C28H34FN7O3. The van der Waals surface area contributed by atoms with Crippen molar-refractivity contribution in [3.63, 3.8) is 0 Å². The fraction of sp³-hybridized carbons (Fsp3) is 0.429. The maximum Gasteiger partial charge on any atom is 0.322 e. The summed E-state index contributed by atoms with van der Waals surface area (Å²) in [6.45, 7) is 7.99. The summed E-state index contributed by atoms with van der Waals surface area (Å²) in [4.78, 5) is 42.2. The quantitative estimate of drug-likeness (QED) is 0.509. The highest BCUT2D eigenvalue weighted by atomic mass is 19.1. The Morgan fingerprint density at radius 2 is 1.92 bits per heavy atom. The van der Waals surface area contributed by atoms with Crippen molar-refractivity contribution in [3.8, 4) is 11.3 Å². The first kappa shape index (κ1) is 26.6. The van der Waals surface area contributed by atoms with Gasteiger partial charge in [0.05, 0.1) is 36.2 Å². The number of amides is 4. The second-order valence-electron chi connectivity index (χ2n) is 11.2. The topological polar surface area (TPSA) is 107 Å². The Kier molecular flexibility index (Phi) is 7.02. The molecule has 2 aromatic heterocycles. The largest absolute Gasteiger partial charge is 0.369 e. The zero-order chi connectivity index (χ0) is 27.9. The molecule has 2 N–H and O–H groups in total. The third kappa shape index (κ3) is 5.73. The molecule has 0 aliphatic carbocycles. The van der Waals surface area contributed by atoms with Gasteiger partial charge in [-0.15, -0.1) is 0 Å². The second-order valence-corrected chi connectivity index (χ2v) is 11.2. The minimum atomic E-state index is -0.528. The number of benzene rings is 1. The number of carbonyl (C=O) groups excluding carboxylic acids is 2. The van der Waals surface area contributed by atoms with Gasteiger partial charge >= 0.3 is 12.1 Å². The Morgan fingerprint density at radius 3 is 2.59 bits per heavy atom. The highest BCUT2D eigenvalue weighted by Crippen LogP contribution is 2.32. The van der Waals surface area contributed by atoms with Crippen molar-refractivity contribution >= 4 is 34.4 Å². The first-order chi connectivity index (χ1) is 18.5. The highest BCUT2D eigenvalue weighted by molar-refractivity contribution is 5.95. The molecule has 0 bridgehead atoms. The number of halogens is 1. The average molecular weight is 536 g/mol. The number of rotatable bonds is 4. The number of anilines is 1. The molecule has 0 spiro atoms. The van der Waals surface area contributed by atoms with Crippen molar-refractivity contribution in [3.05, 3.63) is 48.2 Å². The van der Waals surface area contributed by atoms with E-state index >= 15 is 0 Å². The molecule has 4 heterocycles. The molecule has 10 nitrogen and oxygen atoms in total. The Bertz CT molecular complexity index is 1440. The fourth-order valence-corrected chi connectivity index (χ4v) is 4.85. The van der Waals surface area contributed by atoms with Gasteiger partial charge < -0.3 is 29.7 Å². The molecule has 0 saturated carbocycles. The summed E-state index contributed by atoms with van der Waals surface area (Å²) in [7, 11) is 3.49. The minimum absolute atomic E-state index is 0.0125. The van der Waals surface area contributed by atoms with Gasteiger partial charge in [-0.3, -0.25) is 0 Å². The predicted octanol–water partition coefficient (Wildman–Crippen LogP) is 4.57. The van der Waals surface area contributed by atoms with Crippen molar-refractivity contribution in [1.82, 2.24) is 29.7 Å². The number of hydrogen-bond acceptors (Lipinski definition) is 5. The molecule has 3 aromatic rings. The average Bonchev–Trinajstić information content (AvgIpc) is 3.31. The molecular weight excluding hydrogens is 501 g/mol. The summed E-state index contributed by atoms with van der Waals surface area (Å²) in [5, 5.41) is 3.48. The summed E-state index contributed by atoms with van der Waals surface area (Å²) in [5.74, 6) is -0.528. The van der Waals surface area contributed by atoms with E-state index in [-0.39, 0.29) is 29.5 Å². The molecule has 206 valence electrons. The zero-order valence-corrected chi connectivity index (χ0v) is 22.9. The molecule has 0 unspecified atom stereocenters. The molecule has 11 heteroatoms. The maximum atomic E-state index is 14.7. The van der Waals surface area contributed by atoms with Crippen LogP contribution in [0.3, 0.4) is 0 Å². The monoisotopic (exact) mass is 535 g/mol. The maximum absolute atomic E-state index is 14.7. The number of nitrogens with zero attached hydrogens (tertiary/aromatic N) is 5. The molecule has 1 fully saturated rings. The Hall–Kier alpha value is -3.99. The molecule has 5 rings (SSSR count). The van der Waals surface area contributed by atoms with E-state index in [1.165, 1.54) is 12.4 Å². The van der Waals surface area contributed by atoms with E-state index in [2.05, 4.69) is 20.3 Å². The molecule has 2 aliphatic heterocycles. The van der Waals surface area contributed by atoms with E-state index in [4.69, 9.17) is 4.74 Å². The van der Waals surface area contributed by atoms with E-state index in [9.17, 15) is 14.0 Å². The van der Waals surface area contributed by atoms with E-state index in [0.29, 0.717) is 49.5 Å². The van der Waals surface area contributed by atoms with Gasteiger partial charge in [0.1, 0.15) is 17.8 Å². The van der Waals surface area contributed by atoms with Gasteiger partial charge in [0, 0.05) is 43.8 Å². The van der Waals surface area contributed by atoms with Crippen LogP contribution in [0, 0.1) is 5.82 Å². The van der Waals surface area contributed by atoms with Gasteiger partial charge in [0.2, 0.25) is 0 Å². The van der Waals surface area contributed by atoms with Crippen molar-refractivity contribution < 1.29 is 18.7 Å². The molecule has 1 aromatic carbocycles. The number of carbonyl (C=O) groups is 2. The standard InChI is InChI=1S/C28H34FN7O3/c1-28(2,3)39-19-14-36(15-19)26(37)33-23-12-18(6-7-21(23)29)24-20-13-22(32-25(20)31-16-30-24)17-8-10-35(11-9-17)27(38)34(4)5/h6-8,12-13,16,19H,9-11,14-15H2,1-5H3,(H,33,37)(H,30,31,32). The molecule has 4 amide bonds. The third-order valence-electron chi connectivity index (χ3n) is 6.77. The highest BCUT2D eigenvalue weighted by Gasteiger charge is 2.34. The Balaban J connectivity index is 1.33. The minimum Gasteiger partial charge on any atom is -0.369 e. The summed E-state index contributed by atoms with van der Waals surface area (Å²) >= 11 is 0. The Morgan fingerprint density at radius 1 is 1.15 bits per heavy atom. The Labute approximate surface area is 226 Å². The van der Waals surface area contributed by atoms with E-state index in [1.54, 1.807) is 40.9 Å². The van der Waals surface area contributed by atoms with Crippen LogP contribution in [0.25, 0.3) is 27.9 Å². The smallest absolute Gasteiger partial charge is 0.322 e. The number of likely N-dealkylation sites (tertiary alicyclic amines) is 1. The van der Waals surface area contributed by atoms with Gasteiger partial charge in [-0.2, -0.15) is 0 Å². The van der Waals surface area contributed by atoms with Crippen LogP contribution in [0.5, 0.6) is 0 Å². The van der Waals surface area contributed by atoms with Crippen LogP contribution in [0.1, 0.15) is 32.9 Å². The number of aromatic amines is 1. The van der Waals surface area contributed by atoms with Gasteiger partial charge in [0.25, 0.3) is 0 Å². The van der Waals surface area contributed by atoms with Crippen LogP contribution < -0.4 is 5.32 Å². The van der Waals surface area contributed by atoms with Crippen molar-refractivity contribution in [1.29, 1.82) is 0 Å². The number of nitrogens with one attached hydrogen (secondary N) is 2. The SMILES string of the molecule is CN(C)C(=O)N1CC=C(c2cc3c(-c4ccc(F)c(NC(=O)N5CC(OC(C)(C)C)C5)c4)ncnc3[nH]2)CC1. The van der Waals surface area contributed by atoms with Gasteiger partial charge in [-0.25, -0.2) is 23.9 Å². The zero-order valence-electron chi connectivity index (χ0n) is 22.9. The molecule has 39 heavy (non-hydrogen) atoms. The number of ether oxygens (including phenoxy) is 1. The molecule has 2 aliphatic rings. The van der Waals surface area contributed by atoms with Gasteiger partial charge in [-0.05, 0) is 57.0 Å². The second kappa shape index (κ2) is 10.3. The van der Waals surface area contributed by atoms with Crippen molar-refractivity contribution in [2.24, 2.45) is 0 Å². The lowest BCUT2D eigenvalue weighted by atomic mass is 10.0. The summed E-state index contributed by atoms with van der Waals surface area (Å²) in [6.07, 6.45) is 4.18. The van der Waals surface area contributed by atoms with Crippen molar-refractivity contribution in [2.75, 3.05) is 45.6 Å². The van der Waals surface area contributed by atoms with Crippen LogP contribution >= 0.6 is 0 Å². The lowest BCUT2D eigenvalue weighted by Crippen LogP contribution is -2.57. The van der Waals surface area contributed by atoms with Crippen molar-refractivity contribution in [2.45, 2.75) is 38.9 Å². The third-order valence-corrected chi connectivity index (χ3v) is 6.77. The number of aromatic nitrogens is 3. The van der Waals surface area contributed by atoms with E-state index in [0.717, 1.165) is 16.7 Å². The normalized spacial score (nSPS) is 16.2. The van der Waals surface area contributed by atoms with E-state index < -0.39 is 5.82 Å². The first-order valence-corrected chi connectivity index (χ1v) is 13.0. The fourth-order valence-electron chi connectivity index (χ4n) is 4.85. The predicted molar refractivity (Wildman–Crippen MR) is 148 cm³/mol. The number of hydrogen-bond donors (Lipinski definition) is 2. The first-order valence-electron chi connectivity index (χ1n) is 13.0. The number of urea groups is 2.